The SMILES string of the molecule is CCOC(=O)Nc1ccc(NC(=O)C2(C)CCCN2)cc1. The highest BCUT2D eigenvalue weighted by Gasteiger charge is 2.35. The van der Waals surface area contributed by atoms with E-state index in [-0.39, 0.29) is 5.91 Å². The van der Waals surface area contributed by atoms with Gasteiger partial charge in [-0.1, -0.05) is 0 Å². The maximum absolute atomic E-state index is 12.2. The summed E-state index contributed by atoms with van der Waals surface area (Å²) < 4.78 is 4.79. The number of nitrogens with one attached hydrogen (secondary N) is 3. The number of carbonyl (C=O) groups excluding carboxylic acids is 2. The number of benzene rings is 1. The van der Waals surface area contributed by atoms with E-state index < -0.39 is 11.6 Å². The van der Waals surface area contributed by atoms with Crippen molar-refractivity contribution < 1.29 is 14.3 Å². The smallest absolute Gasteiger partial charge is 0.411 e. The van der Waals surface area contributed by atoms with Crippen LogP contribution in [-0.4, -0.2) is 30.7 Å². The minimum atomic E-state index is -0.498. The van der Waals surface area contributed by atoms with Gasteiger partial charge in [0.15, 0.2) is 0 Å². The predicted octanol–water partition coefficient (Wildman–Crippen LogP) is 2.34. The molecule has 1 unspecified atom stereocenters. The molecule has 0 spiro atoms. The van der Waals surface area contributed by atoms with Gasteiger partial charge in [-0.25, -0.2) is 4.79 Å². The summed E-state index contributed by atoms with van der Waals surface area (Å²) in [5.41, 5.74) is 0.822. The molecule has 114 valence electrons. The third-order valence-corrected chi connectivity index (χ3v) is 3.53. The summed E-state index contributed by atoms with van der Waals surface area (Å²) >= 11 is 0. The molecule has 6 nitrogen and oxygen atoms in total. The molecule has 0 aromatic heterocycles. The van der Waals surface area contributed by atoms with E-state index >= 15 is 0 Å². The third-order valence-electron chi connectivity index (χ3n) is 3.53. The summed E-state index contributed by atoms with van der Waals surface area (Å²) in [6.45, 7) is 4.85. The fraction of sp³-hybridized carbons (Fsp3) is 0.467. The molecule has 1 saturated heterocycles. The first-order chi connectivity index (χ1) is 10.0. The van der Waals surface area contributed by atoms with Crippen molar-refractivity contribution in [3.05, 3.63) is 24.3 Å². The highest BCUT2D eigenvalue weighted by molar-refractivity contribution is 5.98. The Balaban J connectivity index is 1.93. The molecule has 1 aromatic carbocycles. The minimum absolute atomic E-state index is 0.0360. The van der Waals surface area contributed by atoms with Crippen LogP contribution in [0.2, 0.25) is 0 Å². The molecule has 21 heavy (non-hydrogen) atoms. The first-order valence-electron chi connectivity index (χ1n) is 7.14. The van der Waals surface area contributed by atoms with Gasteiger partial charge in [0.05, 0.1) is 12.1 Å². The molecule has 6 heteroatoms. The lowest BCUT2D eigenvalue weighted by Gasteiger charge is -2.23. The van der Waals surface area contributed by atoms with Gasteiger partial charge >= 0.3 is 6.09 Å². The second-order valence-electron chi connectivity index (χ2n) is 5.24. The highest BCUT2D eigenvalue weighted by atomic mass is 16.5. The van der Waals surface area contributed by atoms with Gasteiger partial charge in [-0.05, 0) is 57.5 Å². The predicted molar refractivity (Wildman–Crippen MR) is 81.4 cm³/mol. The van der Waals surface area contributed by atoms with Crippen molar-refractivity contribution in [2.75, 3.05) is 23.8 Å². The van der Waals surface area contributed by atoms with Gasteiger partial charge in [0, 0.05) is 11.4 Å². The van der Waals surface area contributed by atoms with Gasteiger partial charge in [-0.2, -0.15) is 0 Å². The van der Waals surface area contributed by atoms with Crippen LogP contribution < -0.4 is 16.0 Å². The molecule has 1 atom stereocenters. The molecule has 1 heterocycles. The van der Waals surface area contributed by atoms with E-state index in [0.717, 1.165) is 19.4 Å². The topological polar surface area (TPSA) is 79.5 Å². The van der Waals surface area contributed by atoms with Crippen molar-refractivity contribution in [3.8, 4) is 0 Å². The number of amides is 2. The summed E-state index contributed by atoms with van der Waals surface area (Å²) in [5.74, 6) is -0.0360. The maximum Gasteiger partial charge on any atom is 0.411 e. The van der Waals surface area contributed by atoms with Crippen LogP contribution in [0.4, 0.5) is 16.2 Å². The van der Waals surface area contributed by atoms with E-state index in [0.29, 0.717) is 18.0 Å². The molecule has 1 aromatic rings. The normalized spacial score (nSPS) is 20.9. The van der Waals surface area contributed by atoms with Crippen LogP contribution in [-0.2, 0) is 9.53 Å². The second kappa shape index (κ2) is 6.58. The van der Waals surface area contributed by atoms with Crippen molar-refractivity contribution in [1.82, 2.24) is 5.32 Å². The Labute approximate surface area is 124 Å². The van der Waals surface area contributed by atoms with Gasteiger partial charge in [0.2, 0.25) is 5.91 Å². The van der Waals surface area contributed by atoms with Gasteiger partial charge < -0.3 is 15.4 Å². The minimum Gasteiger partial charge on any atom is -0.450 e. The summed E-state index contributed by atoms with van der Waals surface area (Å²) in [6, 6.07) is 6.93. The average molecular weight is 291 g/mol. The van der Waals surface area contributed by atoms with Gasteiger partial charge in [0.1, 0.15) is 0 Å². The van der Waals surface area contributed by atoms with Crippen LogP contribution in [0, 0.1) is 0 Å². The van der Waals surface area contributed by atoms with Crippen molar-refractivity contribution in [3.63, 3.8) is 0 Å². The number of rotatable bonds is 4. The lowest BCUT2D eigenvalue weighted by Crippen LogP contribution is -2.47. The zero-order valence-electron chi connectivity index (χ0n) is 12.4. The lowest BCUT2D eigenvalue weighted by atomic mass is 9.99. The van der Waals surface area contributed by atoms with Crippen LogP contribution >= 0.6 is 0 Å². The van der Waals surface area contributed by atoms with Crippen LogP contribution in [0.15, 0.2) is 24.3 Å². The average Bonchev–Trinajstić information content (AvgIpc) is 2.89. The van der Waals surface area contributed by atoms with E-state index in [1.54, 1.807) is 31.2 Å². The quantitative estimate of drug-likeness (QED) is 0.795. The van der Waals surface area contributed by atoms with Crippen LogP contribution in [0.1, 0.15) is 26.7 Å². The van der Waals surface area contributed by atoms with Crippen LogP contribution in [0.5, 0.6) is 0 Å². The Morgan fingerprint density at radius 3 is 2.38 bits per heavy atom. The van der Waals surface area contributed by atoms with Crippen molar-refractivity contribution in [2.45, 2.75) is 32.2 Å². The van der Waals surface area contributed by atoms with Gasteiger partial charge in [-0.3, -0.25) is 10.1 Å². The molecule has 2 amide bonds. The van der Waals surface area contributed by atoms with Crippen LogP contribution in [0.25, 0.3) is 0 Å². The fourth-order valence-electron chi connectivity index (χ4n) is 2.28. The Morgan fingerprint density at radius 2 is 1.86 bits per heavy atom. The molecule has 1 fully saturated rings. The van der Waals surface area contributed by atoms with E-state index in [1.165, 1.54) is 0 Å². The molecule has 0 radical (unpaired) electrons. The first-order valence-corrected chi connectivity index (χ1v) is 7.14. The molecular weight excluding hydrogens is 270 g/mol. The number of hydrogen-bond donors (Lipinski definition) is 3. The Kier molecular flexibility index (Phi) is 4.80. The van der Waals surface area contributed by atoms with Gasteiger partial charge in [-0.15, -0.1) is 0 Å². The summed E-state index contributed by atoms with van der Waals surface area (Å²) in [6.07, 6.45) is 1.35. The lowest BCUT2D eigenvalue weighted by molar-refractivity contribution is -0.121. The van der Waals surface area contributed by atoms with Crippen molar-refractivity contribution >= 4 is 23.4 Å². The van der Waals surface area contributed by atoms with E-state index in [2.05, 4.69) is 16.0 Å². The summed E-state index contributed by atoms with van der Waals surface area (Å²) in [7, 11) is 0. The monoisotopic (exact) mass is 291 g/mol. The largest absolute Gasteiger partial charge is 0.450 e. The van der Waals surface area contributed by atoms with Gasteiger partial charge in [0.25, 0.3) is 0 Å². The van der Waals surface area contributed by atoms with E-state index in [4.69, 9.17) is 4.74 Å². The summed E-state index contributed by atoms with van der Waals surface area (Å²) in [5, 5.41) is 8.70. The zero-order chi connectivity index (χ0) is 15.3. The molecule has 0 bridgehead atoms. The number of anilines is 2. The molecule has 0 saturated carbocycles. The molecule has 3 N–H and O–H groups in total. The molecule has 1 aliphatic heterocycles. The fourth-order valence-corrected chi connectivity index (χ4v) is 2.28. The number of ether oxygens (including phenoxy) is 1. The van der Waals surface area contributed by atoms with E-state index in [9.17, 15) is 9.59 Å². The molecule has 2 rings (SSSR count). The van der Waals surface area contributed by atoms with E-state index in [1.807, 2.05) is 6.92 Å². The Hall–Kier alpha value is -2.08. The summed E-state index contributed by atoms with van der Waals surface area (Å²) in [4.78, 5) is 23.5. The Bertz CT molecular complexity index is 507. The van der Waals surface area contributed by atoms with Crippen molar-refractivity contribution in [2.24, 2.45) is 0 Å². The second-order valence-corrected chi connectivity index (χ2v) is 5.24. The Morgan fingerprint density at radius 1 is 1.24 bits per heavy atom. The molecular formula is C15H21N3O3. The van der Waals surface area contributed by atoms with Crippen LogP contribution in [0.3, 0.4) is 0 Å². The molecule has 0 aliphatic carbocycles. The standard InChI is InChI=1S/C15H21N3O3/c1-3-21-14(20)18-12-7-5-11(6-8-12)17-13(19)15(2)9-4-10-16-15/h5-8,16H,3-4,9-10H2,1-2H3,(H,17,19)(H,18,20). The zero-order valence-corrected chi connectivity index (χ0v) is 12.4. The third kappa shape index (κ3) is 3.95. The first kappa shape index (κ1) is 15.3. The maximum atomic E-state index is 12.2. The van der Waals surface area contributed by atoms with Crippen molar-refractivity contribution in [1.29, 1.82) is 0 Å². The number of carbonyl (C=O) groups is 2. The number of hydrogen-bond acceptors (Lipinski definition) is 4. The molecule has 1 aliphatic rings. The highest BCUT2D eigenvalue weighted by Crippen LogP contribution is 2.21.